The van der Waals surface area contributed by atoms with Crippen LogP contribution >= 0.6 is 0 Å². The van der Waals surface area contributed by atoms with Gasteiger partial charge in [-0.15, -0.1) is 0 Å². The third kappa shape index (κ3) is 4.67. The van der Waals surface area contributed by atoms with Crippen molar-refractivity contribution in [1.82, 2.24) is 5.32 Å². The van der Waals surface area contributed by atoms with E-state index in [1.165, 1.54) is 30.4 Å². The lowest BCUT2D eigenvalue weighted by molar-refractivity contribution is -0.119. The quantitative estimate of drug-likeness (QED) is 0.859. The normalized spacial score (nSPS) is 22.6. The van der Waals surface area contributed by atoms with Crippen LogP contribution in [-0.2, 0) is 33.2 Å². The van der Waals surface area contributed by atoms with E-state index in [-0.39, 0.29) is 23.8 Å². The number of ether oxygens (including phenoxy) is 1. The van der Waals surface area contributed by atoms with Gasteiger partial charge in [-0.25, -0.2) is 0 Å². The smallest absolute Gasteiger partial charge is 0.233 e. The molecule has 1 aliphatic heterocycles. The molecule has 0 aromatic heterocycles. The van der Waals surface area contributed by atoms with E-state index in [1.54, 1.807) is 0 Å². The zero-order chi connectivity index (χ0) is 16.9. The van der Waals surface area contributed by atoms with Gasteiger partial charge >= 0.3 is 0 Å². The van der Waals surface area contributed by atoms with Crippen molar-refractivity contribution in [3.8, 4) is 0 Å². The number of rotatable bonds is 6. The third-order valence-electron chi connectivity index (χ3n) is 4.94. The van der Waals surface area contributed by atoms with E-state index in [0.29, 0.717) is 5.75 Å². The van der Waals surface area contributed by atoms with Gasteiger partial charge in [0, 0.05) is 17.4 Å². The molecule has 0 bridgehead atoms. The second kappa shape index (κ2) is 8.26. The summed E-state index contributed by atoms with van der Waals surface area (Å²) >= 11 is 0. The summed E-state index contributed by atoms with van der Waals surface area (Å²) in [5.41, 5.74) is 4.00. The summed E-state index contributed by atoms with van der Waals surface area (Å²) < 4.78 is 17.6. The molecule has 1 saturated heterocycles. The molecule has 0 radical (unpaired) electrons. The van der Waals surface area contributed by atoms with E-state index in [1.807, 2.05) is 6.92 Å². The number of nitrogens with one attached hydrogen (secondary N) is 1. The molecule has 1 fully saturated rings. The van der Waals surface area contributed by atoms with Gasteiger partial charge < -0.3 is 10.1 Å². The highest BCUT2D eigenvalue weighted by Crippen LogP contribution is 2.24. The van der Waals surface area contributed by atoms with Crippen LogP contribution in [0.15, 0.2) is 18.2 Å². The van der Waals surface area contributed by atoms with E-state index in [9.17, 15) is 9.00 Å². The molecule has 0 spiro atoms. The highest BCUT2D eigenvalue weighted by atomic mass is 32.2. The second-order valence-electron chi connectivity index (χ2n) is 6.91. The molecule has 132 valence electrons. The SMILES string of the molecule is CC(NC(=O)CS(=O)CC1CCCO1)c1ccc2c(c1)CCCC2. The number of benzene rings is 1. The molecule has 1 aromatic rings. The van der Waals surface area contributed by atoms with Gasteiger partial charge in [-0.2, -0.15) is 0 Å². The molecular formula is C19H27NO3S. The van der Waals surface area contributed by atoms with Gasteiger partial charge in [0.2, 0.25) is 5.91 Å². The van der Waals surface area contributed by atoms with Crippen molar-refractivity contribution in [3.05, 3.63) is 34.9 Å². The first-order chi connectivity index (χ1) is 11.6. The molecule has 24 heavy (non-hydrogen) atoms. The van der Waals surface area contributed by atoms with E-state index in [0.717, 1.165) is 31.4 Å². The number of carbonyl (C=O) groups excluding carboxylic acids is 1. The van der Waals surface area contributed by atoms with E-state index in [4.69, 9.17) is 4.74 Å². The Bertz CT molecular complexity index is 611. The van der Waals surface area contributed by atoms with Crippen LogP contribution in [0.5, 0.6) is 0 Å². The molecule has 3 unspecified atom stereocenters. The van der Waals surface area contributed by atoms with Crippen molar-refractivity contribution in [1.29, 1.82) is 0 Å². The Morgan fingerprint density at radius 1 is 1.29 bits per heavy atom. The van der Waals surface area contributed by atoms with E-state index in [2.05, 4.69) is 23.5 Å². The molecular weight excluding hydrogens is 322 g/mol. The number of hydrogen-bond acceptors (Lipinski definition) is 3. The van der Waals surface area contributed by atoms with Crippen molar-refractivity contribution in [2.45, 2.75) is 57.6 Å². The Morgan fingerprint density at radius 3 is 2.83 bits per heavy atom. The summed E-state index contributed by atoms with van der Waals surface area (Å²) in [6.07, 6.45) is 6.88. The number of hydrogen-bond donors (Lipinski definition) is 1. The van der Waals surface area contributed by atoms with Crippen molar-refractivity contribution in [2.75, 3.05) is 18.1 Å². The highest BCUT2D eigenvalue weighted by molar-refractivity contribution is 7.85. The van der Waals surface area contributed by atoms with E-state index < -0.39 is 10.8 Å². The third-order valence-corrected chi connectivity index (χ3v) is 6.27. The highest BCUT2D eigenvalue weighted by Gasteiger charge is 2.20. The van der Waals surface area contributed by atoms with Gasteiger partial charge in [0.05, 0.1) is 17.9 Å². The molecule has 0 saturated carbocycles. The summed E-state index contributed by atoms with van der Waals surface area (Å²) in [5, 5.41) is 2.99. The first kappa shape index (κ1) is 17.6. The number of fused-ring (bicyclic) bond motifs is 1. The molecule has 4 nitrogen and oxygen atoms in total. The first-order valence-electron chi connectivity index (χ1n) is 8.99. The molecule has 3 rings (SSSR count). The maximum atomic E-state index is 12.2. The topological polar surface area (TPSA) is 55.4 Å². The fourth-order valence-corrected chi connectivity index (χ4v) is 4.75. The zero-order valence-electron chi connectivity index (χ0n) is 14.4. The molecule has 1 heterocycles. The van der Waals surface area contributed by atoms with Gasteiger partial charge in [0.15, 0.2) is 0 Å². The van der Waals surface area contributed by atoms with Crippen molar-refractivity contribution in [2.24, 2.45) is 0 Å². The number of carbonyl (C=O) groups is 1. The van der Waals surface area contributed by atoms with Crippen molar-refractivity contribution >= 4 is 16.7 Å². The zero-order valence-corrected chi connectivity index (χ0v) is 15.2. The largest absolute Gasteiger partial charge is 0.377 e. The lowest BCUT2D eigenvalue weighted by atomic mass is 9.89. The average molecular weight is 349 g/mol. The summed E-state index contributed by atoms with van der Waals surface area (Å²) in [6, 6.07) is 6.48. The van der Waals surface area contributed by atoms with Crippen molar-refractivity contribution < 1.29 is 13.7 Å². The Kier molecular flexibility index (Phi) is 6.06. The maximum Gasteiger partial charge on any atom is 0.233 e. The Morgan fingerprint density at radius 2 is 2.08 bits per heavy atom. The molecule has 1 N–H and O–H groups in total. The summed E-state index contributed by atoms with van der Waals surface area (Å²) in [6.45, 7) is 2.74. The summed E-state index contributed by atoms with van der Waals surface area (Å²) in [4.78, 5) is 12.2. The van der Waals surface area contributed by atoms with Gasteiger partial charge in [0.25, 0.3) is 0 Å². The fraction of sp³-hybridized carbons (Fsp3) is 0.632. The minimum absolute atomic E-state index is 0.0514. The molecule has 2 aliphatic rings. The van der Waals surface area contributed by atoms with Crippen LogP contribution in [0.2, 0.25) is 0 Å². The van der Waals surface area contributed by atoms with Crippen LogP contribution in [0.4, 0.5) is 0 Å². The average Bonchev–Trinajstić information content (AvgIpc) is 3.06. The van der Waals surface area contributed by atoms with Gasteiger partial charge in [-0.3, -0.25) is 9.00 Å². The summed E-state index contributed by atoms with van der Waals surface area (Å²) in [5.74, 6) is 0.395. The van der Waals surface area contributed by atoms with Crippen LogP contribution < -0.4 is 5.32 Å². The second-order valence-corrected chi connectivity index (χ2v) is 8.41. The number of amides is 1. The van der Waals surface area contributed by atoms with E-state index >= 15 is 0 Å². The molecule has 1 aliphatic carbocycles. The maximum absolute atomic E-state index is 12.2. The molecule has 5 heteroatoms. The van der Waals surface area contributed by atoms with Crippen LogP contribution in [0.1, 0.15) is 55.3 Å². The predicted octanol–water partition coefficient (Wildman–Crippen LogP) is 2.67. The molecule has 3 atom stereocenters. The van der Waals surface area contributed by atoms with Gasteiger partial charge in [-0.05, 0) is 62.1 Å². The molecule has 1 amide bonds. The number of aryl methyl sites for hydroxylation is 2. The predicted molar refractivity (Wildman–Crippen MR) is 96.5 cm³/mol. The Hall–Kier alpha value is -1.20. The lowest BCUT2D eigenvalue weighted by Gasteiger charge is -2.20. The standard InChI is InChI=1S/C19H27NO3S/c1-14(16-9-8-15-5-2-3-6-17(15)11-16)20-19(21)13-24(22)12-18-7-4-10-23-18/h8-9,11,14,18H,2-7,10,12-13H2,1H3,(H,20,21). The first-order valence-corrected chi connectivity index (χ1v) is 10.5. The van der Waals surface area contributed by atoms with Gasteiger partial charge in [-0.1, -0.05) is 18.2 Å². The van der Waals surface area contributed by atoms with Crippen LogP contribution in [0.25, 0.3) is 0 Å². The van der Waals surface area contributed by atoms with Crippen molar-refractivity contribution in [3.63, 3.8) is 0 Å². The minimum atomic E-state index is -1.15. The fourth-order valence-electron chi connectivity index (χ4n) is 3.58. The Labute approximate surface area is 146 Å². The summed E-state index contributed by atoms with van der Waals surface area (Å²) in [7, 11) is -1.15. The molecule has 1 aromatic carbocycles. The van der Waals surface area contributed by atoms with Crippen LogP contribution in [0, 0.1) is 0 Å². The van der Waals surface area contributed by atoms with Gasteiger partial charge in [0.1, 0.15) is 5.75 Å². The minimum Gasteiger partial charge on any atom is -0.377 e. The Balaban J connectivity index is 1.51. The van der Waals surface area contributed by atoms with Crippen LogP contribution in [0.3, 0.4) is 0 Å². The monoisotopic (exact) mass is 349 g/mol. The lowest BCUT2D eigenvalue weighted by Crippen LogP contribution is -2.32. The van der Waals surface area contributed by atoms with Crippen LogP contribution in [-0.4, -0.2) is 34.3 Å².